The summed E-state index contributed by atoms with van der Waals surface area (Å²) < 4.78 is 5.86. The van der Waals surface area contributed by atoms with Crippen LogP contribution in [0.15, 0.2) is 22.6 Å². The van der Waals surface area contributed by atoms with Crippen molar-refractivity contribution in [2.45, 2.75) is 112 Å². The highest BCUT2D eigenvalue weighted by molar-refractivity contribution is 7.09. The molecule has 7 heteroatoms. The van der Waals surface area contributed by atoms with Crippen molar-refractivity contribution in [1.82, 2.24) is 4.98 Å². The Morgan fingerprint density at radius 1 is 1.28 bits per heavy atom. The summed E-state index contributed by atoms with van der Waals surface area (Å²) in [5.41, 5.74) is 1.72. The van der Waals surface area contributed by atoms with Gasteiger partial charge in [-0.25, -0.2) is 4.98 Å². The number of aliphatic hydroxyl groups excluding tert-OH is 2. The van der Waals surface area contributed by atoms with Gasteiger partial charge < -0.3 is 14.9 Å². The number of aliphatic hydroxyl groups is 2. The minimum Gasteiger partial charge on any atom is -0.457 e. The van der Waals surface area contributed by atoms with Crippen molar-refractivity contribution in [1.29, 1.82) is 0 Å². The van der Waals surface area contributed by atoms with E-state index in [4.69, 9.17) is 4.74 Å². The number of thiazole rings is 1. The molecule has 5 atom stereocenters. The summed E-state index contributed by atoms with van der Waals surface area (Å²) in [5.74, 6) is -1.35. The van der Waals surface area contributed by atoms with Gasteiger partial charge in [0.25, 0.3) is 0 Å². The highest BCUT2D eigenvalue weighted by atomic mass is 32.1. The third kappa shape index (κ3) is 8.35. The van der Waals surface area contributed by atoms with Crippen LogP contribution in [0, 0.1) is 24.2 Å². The number of aromatic nitrogens is 1. The molecule has 0 saturated carbocycles. The number of hydrogen-bond donors (Lipinski definition) is 2. The summed E-state index contributed by atoms with van der Waals surface area (Å²) in [7, 11) is 0. The summed E-state index contributed by atoms with van der Waals surface area (Å²) in [6.45, 7) is 13.3. The summed E-state index contributed by atoms with van der Waals surface area (Å²) in [6.07, 6.45) is 5.70. The Hall–Kier alpha value is -1.83. The molecule has 0 spiro atoms. The van der Waals surface area contributed by atoms with E-state index >= 15 is 0 Å². The molecule has 0 radical (unpaired) electrons. The fourth-order valence-electron chi connectivity index (χ4n) is 4.81. The number of carbonyl (C=O) groups is 2. The Balaban J connectivity index is 2.36. The number of carbonyl (C=O) groups excluding carboxylic acids is 2. The number of cyclic esters (lactones) is 1. The summed E-state index contributed by atoms with van der Waals surface area (Å²) in [6, 6.07) is 0. The molecule has 0 amide bonds. The number of ketones is 1. The second kappa shape index (κ2) is 13.6. The molecule has 0 saturated heterocycles. The molecular formula is C29H45NO5S. The van der Waals surface area contributed by atoms with Crippen LogP contribution in [0.25, 0.3) is 6.08 Å². The Kier molecular flexibility index (Phi) is 11.5. The van der Waals surface area contributed by atoms with Crippen LogP contribution in [0.4, 0.5) is 0 Å². The average molecular weight is 520 g/mol. The van der Waals surface area contributed by atoms with E-state index in [2.05, 4.69) is 18.0 Å². The lowest BCUT2D eigenvalue weighted by Crippen LogP contribution is -2.46. The van der Waals surface area contributed by atoms with Crippen molar-refractivity contribution >= 4 is 29.2 Å². The Morgan fingerprint density at radius 2 is 1.97 bits per heavy atom. The van der Waals surface area contributed by atoms with E-state index in [0.717, 1.165) is 42.0 Å². The van der Waals surface area contributed by atoms with Gasteiger partial charge >= 0.3 is 5.97 Å². The molecule has 2 heterocycles. The van der Waals surface area contributed by atoms with Gasteiger partial charge in [-0.2, -0.15) is 0 Å². The second-order valence-electron chi connectivity index (χ2n) is 11.0. The number of allylic oxidation sites excluding steroid dienone is 1. The van der Waals surface area contributed by atoms with Crippen molar-refractivity contribution in [2.24, 2.45) is 17.3 Å². The Morgan fingerprint density at radius 3 is 2.58 bits per heavy atom. The Bertz CT molecular complexity index is 947. The number of ether oxygens (including phenoxy) is 1. The van der Waals surface area contributed by atoms with Crippen LogP contribution in [0.2, 0.25) is 0 Å². The van der Waals surface area contributed by atoms with E-state index in [1.807, 2.05) is 39.2 Å². The maximum absolute atomic E-state index is 13.6. The molecule has 1 aliphatic rings. The lowest BCUT2D eigenvalue weighted by atomic mass is 9.71. The van der Waals surface area contributed by atoms with Gasteiger partial charge in [-0.15, -0.1) is 11.3 Å². The van der Waals surface area contributed by atoms with Crippen LogP contribution in [-0.2, 0) is 14.3 Å². The third-order valence-corrected chi connectivity index (χ3v) is 8.26. The highest BCUT2D eigenvalue weighted by Gasteiger charge is 2.43. The quantitative estimate of drug-likeness (QED) is 0.371. The third-order valence-electron chi connectivity index (χ3n) is 7.46. The van der Waals surface area contributed by atoms with Crippen molar-refractivity contribution in [3.8, 4) is 0 Å². The molecule has 2 rings (SSSR count). The van der Waals surface area contributed by atoms with Crippen molar-refractivity contribution in [2.75, 3.05) is 0 Å². The van der Waals surface area contributed by atoms with Gasteiger partial charge in [0.1, 0.15) is 11.9 Å². The molecule has 0 aromatic carbocycles. The molecule has 1 aromatic heterocycles. The van der Waals surface area contributed by atoms with Crippen molar-refractivity contribution in [3.05, 3.63) is 33.3 Å². The number of nitrogens with zero attached hydrogens (tertiary/aromatic N) is 1. The zero-order valence-corrected chi connectivity index (χ0v) is 23.9. The van der Waals surface area contributed by atoms with E-state index in [9.17, 15) is 19.8 Å². The predicted octanol–water partition coefficient (Wildman–Crippen LogP) is 6.05. The van der Waals surface area contributed by atoms with Crippen LogP contribution in [0.3, 0.4) is 0 Å². The van der Waals surface area contributed by atoms with Gasteiger partial charge in [0.05, 0.1) is 34.7 Å². The van der Waals surface area contributed by atoms with E-state index in [0.29, 0.717) is 12.8 Å². The first kappa shape index (κ1) is 30.4. The van der Waals surface area contributed by atoms with Gasteiger partial charge in [-0.1, -0.05) is 45.8 Å². The van der Waals surface area contributed by atoms with Gasteiger partial charge in [0.2, 0.25) is 0 Å². The summed E-state index contributed by atoms with van der Waals surface area (Å²) >= 11 is 1.57. The van der Waals surface area contributed by atoms with Crippen LogP contribution in [0.5, 0.6) is 0 Å². The lowest BCUT2D eigenvalue weighted by molar-refractivity contribution is -0.154. The second-order valence-corrected chi connectivity index (χ2v) is 12.1. The van der Waals surface area contributed by atoms with E-state index < -0.39 is 35.6 Å². The van der Waals surface area contributed by atoms with Crippen LogP contribution in [0.1, 0.15) is 97.2 Å². The van der Waals surface area contributed by atoms with E-state index in [1.54, 1.807) is 25.2 Å². The lowest BCUT2D eigenvalue weighted by Gasteiger charge is -2.36. The van der Waals surface area contributed by atoms with Gasteiger partial charge in [0, 0.05) is 17.7 Å². The molecule has 2 N–H and O–H groups in total. The first-order valence-electron chi connectivity index (χ1n) is 13.2. The smallest absolute Gasteiger partial charge is 0.309 e. The molecule has 6 nitrogen and oxygen atoms in total. The van der Waals surface area contributed by atoms with Crippen LogP contribution < -0.4 is 0 Å². The molecule has 202 valence electrons. The van der Waals surface area contributed by atoms with Gasteiger partial charge in [0.15, 0.2) is 0 Å². The number of Topliss-reactive ketones (excluding diaryl/α,β-unsaturated/α-hetero) is 1. The van der Waals surface area contributed by atoms with E-state index in [-0.39, 0.29) is 18.1 Å². The van der Waals surface area contributed by atoms with Crippen molar-refractivity contribution < 1.29 is 24.5 Å². The highest BCUT2D eigenvalue weighted by Crippen LogP contribution is 2.34. The zero-order chi connectivity index (χ0) is 27.0. The fourth-order valence-corrected chi connectivity index (χ4v) is 5.38. The largest absolute Gasteiger partial charge is 0.457 e. The maximum Gasteiger partial charge on any atom is 0.309 e. The average Bonchev–Trinajstić information content (AvgIpc) is 3.22. The molecule has 1 aromatic rings. The molecule has 36 heavy (non-hydrogen) atoms. The normalized spacial score (nSPS) is 29.5. The van der Waals surface area contributed by atoms with Gasteiger partial charge in [-0.05, 0) is 64.0 Å². The number of hydrogen-bond acceptors (Lipinski definition) is 7. The Labute approximate surface area is 220 Å². The van der Waals surface area contributed by atoms with E-state index in [1.165, 1.54) is 5.57 Å². The maximum atomic E-state index is 13.6. The summed E-state index contributed by atoms with van der Waals surface area (Å²) in [4.78, 5) is 31.0. The van der Waals surface area contributed by atoms with Crippen molar-refractivity contribution in [3.63, 3.8) is 0 Å². The minimum atomic E-state index is -1.21. The SMILES string of the molecule is CCC[C@H]1C(=O)C(C)(C)[C@@H](O)CC(=O)OC(/C(C)=C/c2csc(C)n2)CC=C(C)CCC[C@H](C)[C@@H]1O. The minimum absolute atomic E-state index is 0.0383. The van der Waals surface area contributed by atoms with Crippen LogP contribution in [-0.4, -0.2) is 45.3 Å². The molecule has 0 aliphatic carbocycles. The first-order valence-corrected chi connectivity index (χ1v) is 14.1. The first-order chi connectivity index (χ1) is 16.9. The molecular weight excluding hydrogens is 474 g/mol. The molecule has 1 unspecified atom stereocenters. The monoisotopic (exact) mass is 519 g/mol. The fraction of sp³-hybridized carbons (Fsp3) is 0.690. The summed E-state index contributed by atoms with van der Waals surface area (Å²) in [5, 5.41) is 25.0. The standard InChI is InChI=1S/C29H45NO5S/c1-8-10-23-27(33)19(3)12-9-11-18(2)13-14-24(20(4)15-22-17-36-21(5)30-22)35-26(32)16-25(31)29(6,7)28(23)34/h13,15,17,19,23-25,27,31,33H,8-12,14,16H2,1-7H3/b18-13?,20-15+/t19-,23+,24?,25-,27-/m0/s1. The molecule has 0 bridgehead atoms. The molecule has 0 fully saturated rings. The topological polar surface area (TPSA) is 96.7 Å². The zero-order valence-electron chi connectivity index (χ0n) is 23.0. The number of rotatable bonds is 4. The van der Waals surface area contributed by atoms with Crippen LogP contribution >= 0.6 is 11.3 Å². The number of esters is 1. The number of aryl methyl sites for hydroxylation is 1. The predicted molar refractivity (Wildman–Crippen MR) is 146 cm³/mol. The van der Waals surface area contributed by atoms with Gasteiger partial charge in [-0.3, -0.25) is 9.59 Å². The molecule has 1 aliphatic heterocycles.